The average molecular weight is 255 g/mol. The van der Waals surface area contributed by atoms with Gasteiger partial charge < -0.3 is 5.32 Å². The van der Waals surface area contributed by atoms with E-state index in [1.54, 1.807) is 6.07 Å². The summed E-state index contributed by atoms with van der Waals surface area (Å²) in [6.45, 7) is 5.59. The molecular weight excluding hydrogens is 236 g/mol. The third kappa shape index (κ3) is 3.82. The van der Waals surface area contributed by atoms with E-state index in [2.05, 4.69) is 27.3 Å². The van der Waals surface area contributed by atoms with Gasteiger partial charge in [0.1, 0.15) is 5.82 Å². The number of nitrogens with zero attached hydrogens (tertiary/aromatic N) is 3. The molecule has 0 bridgehead atoms. The van der Waals surface area contributed by atoms with Crippen LogP contribution in [0.2, 0.25) is 5.15 Å². The summed E-state index contributed by atoms with van der Waals surface area (Å²) in [5.74, 6) is 0.790. The molecule has 1 saturated heterocycles. The van der Waals surface area contributed by atoms with E-state index in [1.807, 2.05) is 6.07 Å². The highest BCUT2D eigenvalue weighted by Gasteiger charge is 2.16. The monoisotopic (exact) mass is 254 g/mol. The molecular formula is C12H19ClN4. The van der Waals surface area contributed by atoms with Crippen molar-refractivity contribution in [3.63, 3.8) is 0 Å². The van der Waals surface area contributed by atoms with Gasteiger partial charge in [0.25, 0.3) is 0 Å². The molecule has 0 amide bonds. The molecule has 1 aliphatic heterocycles. The van der Waals surface area contributed by atoms with Crippen molar-refractivity contribution in [1.82, 2.24) is 15.1 Å². The smallest absolute Gasteiger partial charge is 0.151 e. The minimum absolute atomic E-state index is 0.430. The number of hydrogen-bond acceptors (Lipinski definition) is 4. The van der Waals surface area contributed by atoms with Gasteiger partial charge >= 0.3 is 0 Å². The molecule has 1 aliphatic rings. The van der Waals surface area contributed by atoms with Crippen LogP contribution in [0, 0.1) is 0 Å². The fourth-order valence-electron chi connectivity index (χ4n) is 2.15. The van der Waals surface area contributed by atoms with E-state index in [9.17, 15) is 0 Å². The number of aromatic nitrogens is 2. The standard InChI is InChI=1S/C12H19ClN4/c1-10(17-7-3-2-4-8-17)9-14-12-6-5-11(13)15-16-12/h5-6,10H,2-4,7-9H2,1H3,(H,14,16). The first kappa shape index (κ1) is 12.6. The Balaban J connectivity index is 1.78. The van der Waals surface area contributed by atoms with E-state index >= 15 is 0 Å². The molecule has 1 aromatic rings. The second-order valence-corrected chi connectivity index (χ2v) is 4.96. The zero-order valence-electron chi connectivity index (χ0n) is 10.2. The van der Waals surface area contributed by atoms with Crippen molar-refractivity contribution < 1.29 is 0 Å². The Bertz CT molecular complexity index is 335. The lowest BCUT2D eigenvalue weighted by atomic mass is 10.1. The minimum Gasteiger partial charge on any atom is -0.367 e. The van der Waals surface area contributed by atoms with E-state index in [0.717, 1.165) is 12.4 Å². The molecule has 1 aromatic heterocycles. The van der Waals surface area contributed by atoms with E-state index in [0.29, 0.717) is 11.2 Å². The Morgan fingerprint density at radius 1 is 1.29 bits per heavy atom. The fourth-order valence-corrected chi connectivity index (χ4v) is 2.25. The summed E-state index contributed by atoms with van der Waals surface area (Å²) in [6, 6.07) is 4.15. The van der Waals surface area contributed by atoms with Crippen molar-refractivity contribution in [2.75, 3.05) is 25.0 Å². The van der Waals surface area contributed by atoms with Crippen molar-refractivity contribution in [1.29, 1.82) is 0 Å². The van der Waals surface area contributed by atoms with Gasteiger partial charge in [0.15, 0.2) is 5.15 Å². The summed E-state index contributed by atoms with van der Waals surface area (Å²) in [5.41, 5.74) is 0. The third-order valence-corrected chi connectivity index (χ3v) is 3.43. The molecule has 0 spiro atoms. The van der Waals surface area contributed by atoms with Crippen LogP contribution in [-0.4, -0.2) is 40.8 Å². The second kappa shape index (κ2) is 6.17. The van der Waals surface area contributed by atoms with Crippen LogP contribution >= 0.6 is 11.6 Å². The van der Waals surface area contributed by atoms with Gasteiger partial charge in [-0.2, -0.15) is 0 Å². The topological polar surface area (TPSA) is 41.1 Å². The van der Waals surface area contributed by atoms with Crippen molar-refractivity contribution >= 4 is 17.4 Å². The van der Waals surface area contributed by atoms with Gasteiger partial charge in [0.2, 0.25) is 0 Å². The number of hydrogen-bond donors (Lipinski definition) is 1. The highest BCUT2D eigenvalue weighted by molar-refractivity contribution is 6.29. The normalized spacial score (nSPS) is 18.9. The first-order valence-corrected chi connectivity index (χ1v) is 6.60. The van der Waals surface area contributed by atoms with Gasteiger partial charge in [0.05, 0.1) is 0 Å². The Labute approximate surface area is 107 Å². The molecule has 0 saturated carbocycles. The SMILES string of the molecule is CC(CNc1ccc(Cl)nn1)N1CCCCC1. The van der Waals surface area contributed by atoms with Crippen LogP contribution in [0.15, 0.2) is 12.1 Å². The highest BCUT2D eigenvalue weighted by atomic mass is 35.5. The Morgan fingerprint density at radius 2 is 2.06 bits per heavy atom. The molecule has 4 nitrogen and oxygen atoms in total. The lowest BCUT2D eigenvalue weighted by molar-refractivity contribution is 0.180. The minimum atomic E-state index is 0.430. The van der Waals surface area contributed by atoms with Gasteiger partial charge in [-0.15, -0.1) is 10.2 Å². The van der Waals surface area contributed by atoms with Gasteiger partial charge in [-0.3, -0.25) is 4.90 Å². The maximum atomic E-state index is 5.69. The maximum Gasteiger partial charge on any atom is 0.151 e. The molecule has 0 aliphatic carbocycles. The van der Waals surface area contributed by atoms with Crippen LogP contribution in [-0.2, 0) is 0 Å². The average Bonchev–Trinajstić information content (AvgIpc) is 2.39. The first-order valence-electron chi connectivity index (χ1n) is 6.23. The molecule has 2 heterocycles. The molecule has 1 unspecified atom stereocenters. The van der Waals surface area contributed by atoms with Gasteiger partial charge in [0, 0.05) is 12.6 Å². The van der Waals surface area contributed by atoms with Crippen LogP contribution in [0.1, 0.15) is 26.2 Å². The van der Waals surface area contributed by atoms with Gasteiger partial charge in [-0.1, -0.05) is 18.0 Å². The van der Waals surface area contributed by atoms with Gasteiger partial charge in [-0.25, -0.2) is 0 Å². The predicted molar refractivity (Wildman–Crippen MR) is 70.4 cm³/mol. The van der Waals surface area contributed by atoms with E-state index in [1.165, 1.54) is 32.4 Å². The van der Waals surface area contributed by atoms with E-state index < -0.39 is 0 Å². The van der Waals surface area contributed by atoms with Crippen molar-refractivity contribution in [2.24, 2.45) is 0 Å². The van der Waals surface area contributed by atoms with Gasteiger partial charge in [-0.05, 0) is 45.0 Å². The molecule has 1 fully saturated rings. The van der Waals surface area contributed by atoms with E-state index in [-0.39, 0.29) is 0 Å². The number of anilines is 1. The van der Waals surface area contributed by atoms with Crippen LogP contribution in [0.25, 0.3) is 0 Å². The fraction of sp³-hybridized carbons (Fsp3) is 0.667. The number of piperidine rings is 1. The highest BCUT2D eigenvalue weighted by Crippen LogP contribution is 2.12. The Hall–Kier alpha value is -0.870. The zero-order valence-corrected chi connectivity index (χ0v) is 11.0. The van der Waals surface area contributed by atoms with Crippen molar-refractivity contribution in [3.8, 4) is 0 Å². The van der Waals surface area contributed by atoms with Crippen LogP contribution in [0.5, 0.6) is 0 Å². The summed E-state index contributed by atoms with van der Waals surface area (Å²) in [4.78, 5) is 2.53. The van der Waals surface area contributed by atoms with Crippen LogP contribution in [0.3, 0.4) is 0 Å². The summed E-state index contributed by atoms with van der Waals surface area (Å²) >= 11 is 5.69. The molecule has 0 radical (unpaired) electrons. The molecule has 94 valence electrons. The number of nitrogens with one attached hydrogen (secondary N) is 1. The van der Waals surface area contributed by atoms with Crippen LogP contribution in [0.4, 0.5) is 5.82 Å². The molecule has 0 aromatic carbocycles. The third-order valence-electron chi connectivity index (χ3n) is 3.22. The molecule has 17 heavy (non-hydrogen) atoms. The van der Waals surface area contributed by atoms with Crippen molar-refractivity contribution in [2.45, 2.75) is 32.2 Å². The second-order valence-electron chi connectivity index (χ2n) is 4.57. The van der Waals surface area contributed by atoms with Crippen LogP contribution < -0.4 is 5.32 Å². The lowest BCUT2D eigenvalue weighted by Gasteiger charge is -2.32. The maximum absolute atomic E-state index is 5.69. The summed E-state index contributed by atoms with van der Waals surface area (Å²) in [6.07, 6.45) is 4.02. The Kier molecular flexibility index (Phi) is 4.57. The summed E-state index contributed by atoms with van der Waals surface area (Å²) in [7, 11) is 0. The molecule has 5 heteroatoms. The number of likely N-dealkylation sites (tertiary alicyclic amines) is 1. The quantitative estimate of drug-likeness (QED) is 0.896. The zero-order chi connectivity index (χ0) is 12.1. The van der Waals surface area contributed by atoms with E-state index in [4.69, 9.17) is 11.6 Å². The Morgan fingerprint density at radius 3 is 2.71 bits per heavy atom. The molecule has 1 N–H and O–H groups in total. The number of halogens is 1. The molecule has 1 atom stereocenters. The largest absolute Gasteiger partial charge is 0.367 e. The summed E-state index contributed by atoms with van der Waals surface area (Å²) in [5, 5.41) is 11.5. The lowest BCUT2D eigenvalue weighted by Crippen LogP contribution is -2.41. The van der Waals surface area contributed by atoms with Crippen molar-refractivity contribution in [3.05, 3.63) is 17.3 Å². The first-order chi connectivity index (χ1) is 8.25. The number of rotatable bonds is 4. The summed E-state index contributed by atoms with van der Waals surface area (Å²) < 4.78 is 0. The molecule has 2 rings (SSSR count). The predicted octanol–water partition coefficient (Wildman–Crippen LogP) is 2.42.